The zero-order valence-electron chi connectivity index (χ0n) is 19.7. The highest BCUT2D eigenvalue weighted by Gasteiger charge is 2.23. The molecule has 1 aliphatic rings. The van der Waals surface area contributed by atoms with Gasteiger partial charge in [-0.1, -0.05) is 24.3 Å². The number of hydrogen-bond donors (Lipinski definition) is 2. The zero-order chi connectivity index (χ0) is 25.8. The highest BCUT2D eigenvalue weighted by atomic mass is 32.1. The molecule has 11 heteroatoms. The van der Waals surface area contributed by atoms with Crippen LogP contribution in [-0.4, -0.2) is 47.2 Å². The molecule has 0 saturated carbocycles. The molecule has 0 aliphatic carbocycles. The number of hydrogen-bond acceptors (Lipinski definition) is 8. The number of nitrogens with one attached hydrogen (secondary N) is 2. The highest BCUT2D eigenvalue weighted by Crippen LogP contribution is 2.30. The third-order valence-corrected chi connectivity index (χ3v) is 6.12. The van der Waals surface area contributed by atoms with Crippen molar-refractivity contribution in [3.05, 3.63) is 93.9 Å². The van der Waals surface area contributed by atoms with E-state index in [1.807, 2.05) is 53.4 Å². The highest BCUT2D eigenvalue weighted by molar-refractivity contribution is 7.80. The van der Waals surface area contributed by atoms with Crippen molar-refractivity contribution < 1.29 is 18.9 Å². The van der Waals surface area contributed by atoms with Crippen molar-refractivity contribution in [2.45, 2.75) is 6.42 Å². The Balaban J connectivity index is 1.20. The van der Waals surface area contributed by atoms with E-state index in [-0.39, 0.29) is 16.4 Å². The molecule has 1 fully saturated rings. The Bertz CT molecular complexity index is 1430. The second kappa shape index (κ2) is 10.7. The first-order valence-corrected chi connectivity index (χ1v) is 12.0. The van der Waals surface area contributed by atoms with Crippen molar-refractivity contribution in [2.24, 2.45) is 0 Å². The van der Waals surface area contributed by atoms with Gasteiger partial charge in [-0.05, 0) is 54.2 Å². The minimum absolute atomic E-state index is 0.0802. The van der Waals surface area contributed by atoms with Crippen LogP contribution in [0.1, 0.15) is 21.8 Å². The largest absolute Gasteiger partial charge is 0.440 e. The number of oxazole rings is 1. The van der Waals surface area contributed by atoms with E-state index in [4.69, 9.17) is 21.4 Å². The predicted octanol–water partition coefficient (Wildman–Crippen LogP) is 4.29. The van der Waals surface area contributed by atoms with E-state index in [0.29, 0.717) is 50.0 Å². The molecule has 5 rings (SSSR count). The van der Waals surface area contributed by atoms with Crippen LogP contribution < -0.4 is 15.5 Å². The normalized spacial score (nSPS) is 13.4. The Labute approximate surface area is 217 Å². The number of nitrogens with zero attached hydrogens (tertiary/aromatic N) is 3. The minimum Gasteiger partial charge on any atom is -0.440 e. The SMILES string of the molecule is O=C(NC(=S)Nc1ccc(Cc2nc3ccccc3o2)cc1)c1ccc(N2CCOCC2)c([N+](=O)[O-])c1. The fraction of sp³-hybridized carbons (Fsp3) is 0.192. The number of anilines is 2. The summed E-state index contributed by atoms with van der Waals surface area (Å²) in [6.07, 6.45) is 0.537. The summed E-state index contributed by atoms with van der Waals surface area (Å²) < 4.78 is 11.1. The maximum absolute atomic E-state index is 12.7. The van der Waals surface area contributed by atoms with Gasteiger partial charge in [-0.3, -0.25) is 20.2 Å². The number of thiocarbonyl (C=S) groups is 1. The molecule has 1 aromatic heterocycles. The fourth-order valence-corrected chi connectivity index (χ4v) is 4.31. The zero-order valence-corrected chi connectivity index (χ0v) is 20.5. The Morgan fingerprint density at radius 2 is 1.84 bits per heavy atom. The average molecular weight is 518 g/mol. The van der Waals surface area contributed by atoms with E-state index in [1.165, 1.54) is 6.07 Å². The van der Waals surface area contributed by atoms with Gasteiger partial charge in [0.05, 0.1) is 18.1 Å². The van der Waals surface area contributed by atoms with Gasteiger partial charge in [0.15, 0.2) is 16.6 Å². The Morgan fingerprint density at radius 1 is 1.08 bits per heavy atom. The lowest BCUT2D eigenvalue weighted by Crippen LogP contribution is -2.37. The molecule has 1 aliphatic heterocycles. The third kappa shape index (κ3) is 5.74. The number of nitro benzene ring substituents is 1. The maximum Gasteiger partial charge on any atom is 0.293 e. The number of para-hydroxylation sites is 2. The molecule has 0 atom stereocenters. The monoisotopic (exact) mass is 517 g/mol. The molecule has 0 radical (unpaired) electrons. The van der Waals surface area contributed by atoms with Crippen LogP contribution in [0.5, 0.6) is 0 Å². The number of aromatic nitrogens is 1. The van der Waals surface area contributed by atoms with Gasteiger partial charge < -0.3 is 19.4 Å². The first kappa shape index (κ1) is 24.3. The second-order valence-corrected chi connectivity index (χ2v) is 8.83. The molecule has 0 unspecified atom stereocenters. The Morgan fingerprint density at radius 3 is 2.57 bits per heavy atom. The molecular weight excluding hydrogens is 494 g/mol. The molecule has 1 amide bonds. The lowest BCUT2D eigenvalue weighted by Gasteiger charge is -2.28. The summed E-state index contributed by atoms with van der Waals surface area (Å²) in [5, 5.41) is 17.3. The van der Waals surface area contributed by atoms with Crippen LogP contribution in [0.15, 0.2) is 71.1 Å². The summed E-state index contributed by atoms with van der Waals surface area (Å²) in [5.41, 5.74) is 3.71. The molecule has 188 valence electrons. The summed E-state index contributed by atoms with van der Waals surface area (Å²) in [4.78, 5) is 30.3. The van der Waals surface area contributed by atoms with E-state index in [2.05, 4.69) is 15.6 Å². The van der Waals surface area contributed by atoms with Crippen LogP contribution in [0.4, 0.5) is 17.1 Å². The van der Waals surface area contributed by atoms with Gasteiger partial charge >= 0.3 is 0 Å². The molecule has 0 bridgehead atoms. The van der Waals surface area contributed by atoms with Gasteiger partial charge in [0, 0.05) is 36.8 Å². The van der Waals surface area contributed by atoms with Crippen molar-refractivity contribution in [3.63, 3.8) is 0 Å². The van der Waals surface area contributed by atoms with Gasteiger partial charge in [0.2, 0.25) is 0 Å². The van der Waals surface area contributed by atoms with Crippen molar-refractivity contribution in [2.75, 3.05) is 36.5 Å². The van der Waals surface area contributed by atoms with Gasteiger partial charge in [0.1, 0.15) is 11.2 Å². The van der Waals surface area contributed by atoms with Crippen LogP contribution >= 0.6 is 12.2 Å². The van der Waals surface area contributed by atoms with Crippen molar-refractivity contribution in [1.29, 1.82) is 0 Å². The number of ether oxygens (including phenoxy) is 1. The topological polar surface area (TPSA) is 123 Å². The van der Waals surface area contributed by atoms with Crippen LogP contribution in [0.3, 0.4) is 0 Å². The van der Waals surface area contributed by atoms with Crippen LogP contribution in [0.25, 0.3) is 11.1 Å². The van der Waals surface area contributed by atoms with E-state index in [9.17, 15) is 14.9 Å². The van der Waals surface area contributed by atoms with Crippen LogP contribution in [-0.2, 0) is 11.2 Å². The fourth-order valence-electron chi connectivity index (χ4n) is 4.10. The first-order chi connectivity index (χ1) is 18.0. The number of carbonyl (C=O) groups excluding carboxylic acids is 1. The number of amides is 1. The van der Waals surface area contributed by atoms with E-state index in [0.717, 1.165) is 16.7 Å². The lowest BCUT2D eigenvalue weighted by molar-refractivity contribution is -0.384. The molecule has 0 spiro atoms. The predicted molar refractivity (Wildman–Crippen MR) is 143 cm³/mol. The standard InChI is InChI=1S/C26H23N5O5S/c32-25(18-7-10-21(22(16-18)31(33)34)30-11-13-35-14-12-30)29-26(37)27-19-8-5-17(6-9-19)15-24-28-20-3-1-2-4-23(20)36-24/h1-10,16H,11-15H2,(H2,27,29,32,37). The quantitative estimate of drug-likeness (QED) is 0.219. The number of carbonyl (C=O) groups is 1. The van der Waals surface area contributed by atoms with Gasteiger partial charge in [-0.2, -0.15) is 0 Å². The third-order valence-electron chi connectivity index (χ3n) is 5.92. The van der Waals surface area contributed by atoms with Crippen LogP contribution in [0, 0.1) is 10.1 Å². The van der Waals surface area contributed by atoms with Gasteiger partial charge in [0.25, 0.3) is 11.6 Å². The molecular formula is C26H23N5O5S. The van der Waals surface area contributed by atoms with Crippen LogP contribution in [0.2, 0.25) is 0 Å². The van der Waals surface area contributed by atoms with Crippen molar-refractivity contribution in [1.82, 2.24) is 10.3 Å². The van der Waals surface area contributed by atoms with E-state index in [1.54, 1.807) is 12.1 Å². The number of nitro groups is 1. The minimum atomic E-state index is -0.540. The Kier molecular flexibility index (Phi) is 7.06. The molecule has 2 heterocycles. The number of benzene rings is 3. The summed E-state index contributed by atoms with van der Waals surface area (Å²) in [7, 11) is 0. The second-order valence-electron chi connectivity index (χ2n) is 8.42. The number of fused-ring (bicyclic) bond motifs is 1. The van der Waals surface area contributed by atoms with Crippen molar-refractivity contribution >= 4 is 51.4 Å². The van der Waals surface area contributed by atoms with E-state index >= 15 is 0 Å². The van der Waals surface area contributed by atoms with E-state index < -0.39 is 10.8 Å². The summed E-state index contributed by atoms with van der Waals surface area (Å²) in [5.74, 6) is 0.0835. The summed E-state index contributed by atoms with van der Waals surface area (Å²) in [6.45, 7) is 2.09. The first-order valence-electron chi connectivity index (χ1n) is 11.6. The smallest absolute Gasteiger partial charge is 0.293 e. The number of morpholine rings is 1. The summed E-state index contributed by atoms with van der Waals surface area (Å²) in [6, 6.07) is 19.5. The van der Waals surface area contributed by atoms with Crippen molar-refractivity contribution in [3.8, 4) is 0 Å². The molecule has 4 aromatic rings. The average Bonchev–Trinajstić information content (AvgIpc) is 3.32. The lowest BCUT2D eigenvalue weighted by atomic mass is 10.1. The molecule has 10 nitrogen and oxygen atoms in total. The molecule has 3 aromatic carbocycles. The molecule has 1 saturated heterocycles. The van der Waals surface area contributed by atoms with Gasteiger partial charge in [-0.25, -0.2) is 4.98 Å². The summed E-state index contributed by atoms with van der Waals surface area (Å²) >= 11 is 5.28. The molecule has 37 heavy (non-hydrogen) atoms. The molecule has 2 N–H and O–H groups in total. The maximum atomic E-state index is 12.7. The van der Waals surface area contributed by atoms with Gasteiger partial charge in [-0.15, -0.1) is 0 Å². The Hall–Kier alpha value is -4.35. The number of rotatable bonds is 6.